The molecule has 1 unspecified atom stereocenters. The number of nitrogens with one attached hydrogen (secondary N) is 1. The van der Waals surface area contributed by atoms with E-state index in [0.717, 1.165) is 12.3 Å². The van der Waals surface area contributed by atoms with Crippen molar-refractivity contribution in [1.82, 2.24) is 5.32 Å². The third-order valence-corrected chi connectivity index (χ3v) is 3.92. The summed E-state index contributed by atoms with van der Waals surface area (Å²) in [5.41, 5.74) is 5.07. The van der Waals surface area contributed by atoms with Gasteiger partial charge in [-0.1, -0.05) is 6.07 Å². The Hall–Kier alpha value is -1.18. The van der Waals surface area contributed by atoms with Crippen LogP contribution in [0.1, 0.15) is 32.4 Å². The number of benzene rings is 1. The molecule has 0 radical (unpaired) electrons. The number of rotatable bonds is 4. The van der Waals surface area contributed by atoms with Crippen LogP contribution in [0.5, 0.6) is 0 Å². The van der Waals surface area contributed by atoms with Crippen LogP contribution in [0.4, 0.5) is 4.39 Å². The average Bonchev–Trinajstić information content (AvgIpc) is 2.25. The van der Waals surface area contributed by atoms with Gasteiger partial charge in [0.2, 0.25) is 5.91 Å². The molecule has 21 heavy (non-hydrogen) atoms. The number of hydrogen-bond donors (Lipinski definition) is 2. The smallest absolute Gasteiger partial charge is 0.239 e. The standard InChI is InChI=1S/C13H19FN2O3S.ClH/c1-8(16-12(17)13(2,3)15)9-5-6-11(10(14)7-9)20(4,18)19;/h5-8H,15H2,1-4H3,(H,16,17);1H. The second-order valence-electron chi connectivity index (χ2n) is 5.38. The van der Waals surface area contributed by atoms with E-state index in [0.29, 0.717) is 5.56 Å². The molecule has 120 valence electrons. The Morgan fingerprint density at radius 2 is 1.90 bits per heavy atom. The Labute approximate surface area is 130 Å². The highest BCUT2D eigenvalue weighted by molar-refractivity contribution is 7.90. The average molecular weight is 339 g/mol. The lowest BCUT2D eigenvalue weighted by Gasteiger charge is -2.22. The topological polar surface area (TPSA) is 89.3 Å². The van der Waals surface area contributed by atoms with E-state index in [1.165, 1.54) is 12.1 Å². The zero-order valence-electron chi connectivity index (χ0n) is 12.3. The van der Waals surface area contributed by atoms with Crippen LogP contribution in [0.15, 0.2) is 23.1 Å². The summed E-state index contributed by atoms with van der Waals surface area (Å²) >= 11 is 0. The fourth-order valence-corrected chi connectivity index (χ4v) is 2.28. The molecule has 0 bridgehead atoms. The number of halogens is 2. The highest BCUT2D eigenvalue weighted by Gasteiger charge is 2.24. The zero-order chi connectivity index (χ0) is 15.7. The number of amides is 1. The van der Waals surface area contributed by atoms with Crippen LogP contribution in [0, 0.1) is 5.82 Å². The maximum absolute atomic E-state index is 13.8. The summed E-state index contributed by atoms with van der Waals surface area (Å²) in [4.78, 5) is 11.4. The van der Waals surface area contributed by atoms with E-state index in [1.807, 2.05) is 0 Å². The molecule has 3 N–H and O–H groups in total. The van der Waals surface area contributed by atoms with Crippen molar-refractivity contribution in [2.75, 3.05) is 6.26 Å². The van der Waals surface area contributed by atoms with Gasteiger partial charge in [-0.25, -0.2) is 12.8 Å². The van der Waals surface area contributed by atoms with E-state index in [4.69, 9.17) is 5.73 Å². The Balaban J connectivity index is 0.00000400. The van der Waals surface area contributed by atoms with Gasteiger partial charge in [0.25, 0.3) is 0 Å². The first-order valence-corrected chi connectivity index (χ1v) is 7.91. The van der Waals surface area contributed by atoms with Gasteiger partial charge in [-0.2, -0.15) is 0 Å². The molecule has 8 heteroatoms. The van der Waals surface area contributed by atoms with E-state index < -0.39 is 27.2 Å². The third kappa shape index (κ3) is 5.26. The van der Waals surface area contributed by atoms with Gasteiger partial charge in [-0.05, 0) is 38.5 Å². The first-order valence-electron chi connectivity index (χ1n) is 6.02. The second-order valence-corrected chi connectivity index (χ2v) is 7.36. The predicted octanol–water partition coefficient (Wildman–Crippen LogP) is 1.57. The van der Waals surface area contributed by atoms with Crippen molar-refractivity contribution in [1.29, 1.82) is 0 Å². The van der Waals surface area contributed by atoms with Gasteiger partial charge in [0.15, 0.2) is 9.84 Å². The number of carbonyl (C=O) groups is 1. The summed E-state index contributed by atoms with van der Waals surface area (Å²) in [6, 6.07) is 3.28. The lowest BCUT2D eigenvalue weighted by molar-refractivity contribution is -0.125. The maximum Gasteiger partial charge on any atom is 0.239 e. The molecule has 0 saturated heterocycles. The Morgan fingerprint density at radius 3 is 2.29 bits per heavy atom. The van der Waals surface area contributed by atoms with Crippen LogP contribution in [-0.4, -0.2) is 26.1 Å². The van der Waals surface area contributed by atoms with Gasteiger partial charge < -0.3 is 11.1 Å². The van der Waals surface area contributed by atoms with Gasteiger partial charge in [0.05, 0.1) is 11.6 Å². The van der Waals surface area contributed by atoms with E-state index >= 15 is 0 Å². The van der Waals surface area contributed by atoms with Crippen LogP contribution in [0.25, 0.3) is 0 Å². The van der Waals surface area contributed by atoms with Gasteiger partial charge in [0.1, 0.15) is 10.7 Å². The molecular weight excluding hydrogens is 319 g/mol. The van der Waals surface area contributed by atoms with Crippen LogP contribution in [-0.2, 0) is 14.6 Å². The highest BCUT2D eigenvalue weighted by atomic mass is 35.5. The predicted molar refractivity (Wildman–Crippen MR) is 81.6 cm³/mol. The number of hydrogen-bond acceptors (Lipinski definition) is 4. The monoisotopic (exact) mass is 338 g/mol. The van der Waals surface area contributed by atoms with Gasteiger partial charge in [-0.3, -0.25) is 4.79 Å². The third-order valence-electron chi connectivity index (χ3n) is 2.79. The minimum atomic E-state index is -3.60. The Bertz CT molecular complexity index is 627. The molecule has 1 amide bonds. The van der Waals surface area contributed by atoms with Crippen molar-refractivity contribution in [2.24, 2.45) is 5.73 Å². The molecular formula is C13H20ClFN2O3S. The molecule has 0 aliphatic carbocycles. The summed E-state index contributed by atoms with van der Waals surface area (Å²) in [7, 11) is -3.60. The summed E-state index contributed by atoms with van der Waals surface area (Å²) in [5.74, 6) is -1.21. The summed E-state index contributed by atoms with van der Waals surface area (Å²) in [6.45, 7) is 4.78. The van der Waals surface area contributed by atoms with E-state index in [2.05, 4.69) is 5.32 Å². The minimum absolute atomic E-state index is 0. The molecule has 1 aromatic carbocycles. The molecule has 0 aliphatic heterocycles. The Kier molecular flexibility index (Phi) is 6.34. The van der Waals surface area contributed by atoms with Crippen molar-refractivity contribution in [2.45, 2.75) is 37.2 Å². The van der Waals surface area contributed by atoms with Crippen LogP contribution in [0.2, 0.25) is 0 Å². The molecule has 0 aliphatic rings. The second kappa shape index (κ2) is 6.72. The van der Waals surface area contributed by atoms with Crippen molar-refractivity contribution in [3.05, 3.63) is 29.6 Å². The molecule has 1 aromatic rings. The highest BCUT2D eigenvalue weighted by Crippen LogP contribution is 2.20. The lowest BCUT2D eigenvalue weighted by atomic mass is 10.0. The summed E-state index contributed by atoms with van der Waals surface area (Å²) < 4.78 is 36.4. The quantitative estimate of drug-likeness (QED) is 0.872. The first kappa shape index (κ1) is 19.8. The fraction of sp³-hybridized carbons (Fsp3) is 0.462. The fourth-order valence-electron chi connectivity index (χ4n) is 1.55. The maximum atomic E-state index is 13.8. The molecule has 0 saturated carbocycles. The lowest BCUT2D eigenvalue weighted by Crippen LogP contribution is -2.49. The van der Waals surface area contributed by atoms with Gasteiger partial charge in [0, 0.05) is 6.26 Å². The van der Waals surface area contributed by atoms with Crippen molar-refractivity contribution >= 4 is 28.2 Å². The van der Waals surface area contributed by atoms with Crippen LogP contribution < -0.4 is 11.1 Å². The normalized spacial score (nSPS) is 13.2. The van der Waals surface area contributed by atoms with Crippen molar-refractivity contribution in [3.63, 3.8) is 0 Å². The molecule has 1 rings (SSSR count). The largest absolute Gasteiger partial charge is 0.348 e. The first-order chi connectivity index (χ1) is 8.93. The number of sulfone groups is 1. The minimum Gasteiger partial charge on any atom is -0.348 e. The molecule has 1 atom stereocenters. The summed E-state index contributed by atoms with van der Waals surface area (Å²) in [5, 5.41) is 2.64. The van der Waals surface area contributed by atoms with Crippen LogP contribution >= 0.6 is 12.4 Å². The van der Waals surface area contributed by atoms with E-state index in [9.17, 15) is 17.6 Å². The van der Waals surface area contributed by atoms with E-state index in [-0.39, 0.29) is 23.2 Å². The van der Waals surface area contributed by atoms with Crippen LogP contribution in [0.3, 0.4) is 0 Å². The van der Waals surface area contributed by atoms with Gasteiger partial charge in [-0.15, -0.1) is 12.4 Å². The Morgan fingerprint density at radius 1 is 1.38 bits per heavy atom. The number of nitrogens with two attached hydrogens (primary N) is 1. The van der Waals surface area contributed by atoms with E-state index in [1.54, 1.807) is 20.8 Å². The van der Waals surface area contributed by atoms with Crippen molar-refractivity contribution in [3.8, 4) is 0 Å². The van der Waals surface area contributed by atoms with Gasteiger partial charge >= 0.3 is 0 Å². The SMILES string of the molecule is CC(NC(=O)C(C)(C)N)c1ccc(S(C)(=O)=O)c(F)c1.Cl. The molecule has 5 nitrogen and oxygen atoms in total. The number of carbonyl (C=O) groups excluding carboxylic acids is 1. The molecule has 0 fully saturated rings. The molecule has 0 spiro atoms. The van der Waals surface area contributed by atoms with Crippen molar-refractivity contribution < 1.29 is 17.6 Å². The molecule has 0 aromatic heterocycles. The zero-order valence-corrected chi connectivity index (χ0v) is 13.9. The molecule has 0 heterocycles. The summed E-state index contributed by atoms with van der Waals surface area (Å²) in [6.07, 6.45) is 0.938.